The summed E-state index contributed by atoms with van der Waals surface area (Å²) in [6.45, 7) is 0.753. The quantitative estimate of drug-likeness (QED) is 0.724. The van der Waals surface area contributed by atoms with Gasteiger partial charge >= 0.3 is 0 Å². The Bertz CT molecular complexity index is 379. The Hall–Kier alpha value is -1.23. The fourth-order valence-corrected chi connectivity index (χ4v) is 2.05. The summed E-state index contributed by atoms with van der Waals surface area (Å²) < 4.78 is 16.2. The predicted molar refractivity (Wildman–Crippen MR) is 66.0 cm³/mol. The van der Waals surface area contributed by atoms with Crippen LogP contribution in [0.2, 0.25) is 0 Å². The van der Waals surface area contributed by atoms with Gasteiger partial charge < -0.3 is 19.0 Å². The molecule has 0 spiro atoms. The summed E-state index contributed by atoms with van der Waals surface area (Å²) in [4.78, 5) is 11.2. The zero-order valence-electron chi connectivity index (χ0n) is 10.5. The number of carbonyl (C=O) groups excluding carboxylic acids is 1. The van der Waals surface area contributed by atoms with E-state index in [1.54, 1.807) is 7.11 Å². The average molecular weight is 250 g/mol. The van der Waals surface area contributed by atoms with Crippen LogP contribution in [0.4, 0.5) is 0 Å². The summed E-state index contributed by atoms with van der Waals surface area (Å²) in [6, 6.07) is 9.85. The Kier molecular flexibility index (Phi) is 4.47. The van der Waals surface area contributed by atoms with Crippen molar-refractivity contribution in [2.75, 3.05) is 13.7 Å². The molecule has 1 aliphatic heterocycles. The highest BCUT2D eigenvalue weighted by atomic mass is 16.7. The third kappa shape index (κ3) is 3.16. The van der Waals surface area contributed by atoms with Crippen molar-refractivity contribution < 1.29 is 19.0 Å². The Morgan fingerprint density at radius 3 is 2.83 bits per heavy atom. The van der Waals surface area contributed by atoms with Crippen molar-refractivity contribution in [3.8, 4) is 0 Å². The van der Waals surface area contributed by atoms with E-state index in [4.69, 9.17) is 14.2 Å². The molecule has 18 heavy (non-hydrogen) atoms. The Balaban J connectivity index is 1.83. The first-order valence-electron chi connectivity index (χ1n) is 6.07. The van der Waals surface area contributed by atoms with Gasteiger partial charge in [-0.1, -0.05) is 30.3 Å². The lowest BCUT2D eigenvalue weighted by Gasteiger charge is -2.22. The van der Waals surface area contributed by atoms with Crippen molar-refractivity contribution >= 4 is 6.29 Å². The maximum atomic E-state index is 11.2. The Morgan fingerprint density at radius 2 is 2.22 bits per heavy atom. The first-order chi connectivity index (χ1) is 8.78. The SMILES string of the molecule is CO[C@@H]1CC[C@](C=O)(COCc2ccccc2)O1. The number of aldehydes is 1. The van der Waals surface area contributed by atoms with Crippen LogP contribution in [0.3, 0.4) is 0 Å². The van der Waals surface area contributed by atoms with E-state index in [1.807, 2.05) is 30.3 Å². The molecule has 1 fully saturated rings. The Labute approximate surface area is 107 Å². The molecule has 1 aliphatic rings. The molecule has 0 unspecified atom stereocenters. The van der Waals surface area contributed by atoms with Crippen LogP contribution in [0.15, 0.2) is 30.3 Å². The molecule has 0 amide bonds. The number of ether oxygens (including phenoxy) is 3. The highest BCUT2D eigenvalue weighted by molar-refractivity contribution is 5.63. The summed E-state index contributed by atoms with van der Waals surface area (Å²) in [6.07, 6.45) is 1.90. The van der Waals surface area contributed by atoms with Gasteiger partial charge in [0.15, 0.2) is 12.6 Å². The van der Waals surface area contributed by atoms with E-state index in [-0.39, 0.29) is 12.9 Å². The summed E-state index contributed by atoms with van der Waals surface area (Å²) in [5, 5.41) is 0. The van der Waals surface area contributed by atoms with E-state index in [9.17, 15) is 4.79 Å². The van der Waals surface area contributed by atoms with Crippen molar-refractivity contribution in [2.24, 2.45) is 0 Å². The molecule has 98 valence electrons. The van der Waals surface area contributed by atoms with Crippen LogP contribution < -0.4 is 0 Å². The van der Waals surface area contributed by atoms with Crippen LogP contribution >= 0.6 is 0 Å². The zero-order chi connectivity index (χ0) is 12.8. The highest BCUT2D eigenvalue weighted by Crippen LogP contribution is 2.29. The van der Waals surface area contributed by atoms with Crippen molar-refractivity contribution in [2.45, 2.75) is 31.3 Å². The van der Waals surface area contributed by atoms with Crippen LogP contribution in [0, 0.1) is 0 Å². The third-order valence-electron chi connectivity index (χ3n) is 3.10. The van der Waals surface area contributed by atoms with Crippen LogP contribution in [0.1, 0.15) is 18.4 Å². The maximum Gasteiger partial charge on any atom is 0.158 e. The minimum Gasteiger partial charge on any atom is -0.373 e. The van der Waals surface area contributed by atoms with Crippen molar-refractivity contribution in [1.29, 1.82) is 0 Å². The van der Waals surface area contributed by atoms with E-state index in [0.717, 1.165) is 18.3 Å². The zero-order valence-corrected chi connectivity index (χ0v) is 10.5. The first kappa shape index (κ1) is 13.2. The summed E-state index contributed by atoms with van der Waals surface area (Å²) in [7, 11) is 1.58. The molecule has 1 aromatic carbocycles. The Morgan fingerprint density at radius 1 is 1.44 bits per heavy atom. The fourth-order valence-electron chi connectivity index (χ4n) is 2.05. The molecular formula is C14H18O4. The second-order valence-corrected chi connectivity index (χ2v) is 4.48. The van der Waals surface area contributed by atoms with Crippen LogP contribution in [-0.4, -0.2) is 31.9 Å². The number of benzene rings is 1. The average Bonchev–Trinajstić information content (AvgIpc) is 2.84. The first-order valence-corrected chi connectivity index (χ1v) is 6.07. The minimum atomic E-state index is -0.838. The lowest BCUT2D eigenvalue weighted by Crippen LogP contribution is -2.37. The third-order valence-corrected chi connectivity index (χ3v) is 3.10. The molecule has 1 aromatic rings. The molecule has 2 rings (SSSR count). The van der Waals surface area contributed by atoms with Crippen LogP contribution in [0.5, 0.6) is 0 Å². The molecule has 0 bridgehead atoms. The molecular weight excluding hydrogens is 232 g/mol. The molecule has 0 aliphatic carbocycles. The van der Waals surface area contributed by atoms with Crippen molar-refractivity contribution in [3.63, 3.8) is 0 Å². The number of hydrogen-bond acceptors (Lipinski definition) is 4. The van der Waals surface area contributed by atoms with Crippen LogP contribution in [0.25, 0.3) is 0 Å². The lowest BCUT2D eigenvalue weighted by atomic mass is 10.0. The molecule has 1 saturated heterocycles. The number of rotatable bonds is 6. The van der Waals surface area contributed by atoms with Gasteiger partial charge in [0.2, 0.25) is 0 Å². The van der Waals surface area contributed by atoms with E-state index in [2.05, 4.69) is 0 Å². The molecule has 0 saturated carbocycles. The van der Waals surface area contributed by atoms with E-state index in [0.29, 0.717) is 13.0 Å². The summed E-state index contributed by atoms with van der Waals surface area (Å²) in [5.74, 6) is 0. The standard InChI is InChI=1S/C14H18O4/c1-16-13-7-8-14(10-15,18-13)11-17-9-12-5-3-2-4-6-12/h2-6,10,13H,7-9,11H2,1H3/t13-,14-/m0/s1. The van der Waals surface area contributed by atoms with Crippen molar-refractivity contribution in [3.05, 3.63) is 35.9 Å². The monoisotopic (exact) mass is 250 g/mol. The van der Waals surface area contributed by atoms with Gasteiger partial charge in [0.1, 0.15) is 5.60 Å². The van der Waals surface area contributed by atoms with Gasteiger partial charge in [0.05, 0.1) is 13.2 Å². The van der Waals surface area contributed by atoms with Gasteiger partial charge in [-0.05, 0) is 12.0 Å². The topological polar surface area (TPSA) is 44.8 Å². The number of carbonyl (C=O) groups is 1. The molecule has 0 radical (unpaired) electrons. The normalized spacial score (nSPS) is 27.3. The minimum absolute atomic E-state index is 0.269. The van der Waals surface area contributed by atoms with Gasteiger partial charge in [-0.2, -0.15) is 0 Å². The summed E-state index contributed by atoms with van der Waals surface area (Å²) >= 11 is 0. The smallest absolute Gasteiger partial charge is 0.158 e. The van der Waals surface area contributed by atoms with Crippen LogP contribution in [-0.2, 0) is 25.6 Å². The molecule has 0 N–H and O–H groups in total. The van der Waals surface area contributed by atoms with E-state index < -0.39 is 5.60 Å². The van der Waals surface area contributed by atoms with E-state index in [1.165, 1.54) is 0 Å². The molecule has 0 aromatic heterocycles. The fraction of sp³-hybridized carbons (Fsp3) is 0.500. The van der Waals surface area contributed by atoms with Gasteiger partial charge in [-0.15, -0.1) is 0 Å². The lowest BCUT2D eigenvalue weighted by molar-refractivity contribution is -0.175. The second kappa shape index (κ2) is 6.09. The van der Waals surface area contributed by atoms with Crippen molar-refractivity contribution in [1.82, 2.24) is 0 Å². The van der Waals surface area contributed by atoms with E-state index >= 15 is 0 Å². The highest BCUT2D eigenvalue weighted by Gasteiger charge is 2.40. The van der Waals surface area contributed by atoms with Gasteiger partial charge in [0, 0.05) is 13.5 Å². The number of methoxy groups -OCH3 is 1. The van der Waals surface area contributed by atoms with Gasteiger partial charge in [-0.3, -0.25) is 0 Å². The summed E-state index contributed by atoms with van der Waals surface area (Å²) in [5.41, 5.74) is 0.245. The molecule has 1 heterocycles. The predicted octanol–water partition coefficient (Wildman–Crippen LogP) is 1.92. The maximum absolute atomic E-state index is 11.2. The molecule has 4 nitrogen and oxygen atoms in total. The largest absolute Gasteiger partial charge is 0.373 e. The second-order valence-electron chi connectivity index (χ2n) is 4.48. The van der Waals surface area contributed by atoms with Gasteiger partial charge in [-0.25, -0.2) is 0 Å². The van der Waals surface area contributed by atoms with Gasteiger partial charge in [0.25, 0.3) is 0 Å². The molecule has 2 atom stereocenters. The number of hydrogen-bond donors (Lipinski definition) is 0. The molecule has 4 heteroatoms.